The highest BCUT2D eigenvalue weighted by Crippen LogP contribution is 2.44. The Morgan fingerprint density at radius 1 is 1.33 bits per heavy atom. The second kappa shape index (κ2) is 10.8. The summed E-state index contributed by atoms with van der Waals surface area (Å²) in [6.45, 7) is 0.0968. The lowest BCUT2D eigenvalue weighted by atomic mass is 10.1. The van der Waals surface area contributed by atoms with E-state index in [1.807, 2.05) is 0 Å². The molecular weight excluding hydrogens is 507 g/mol. The third-order valence-electron chi connectivity index (χ3n) is 5.13. The van der Waals surface area contributed by atoms with Gasteiger partial charge in [0, 0.05) is 19.5 Å². The predicted octanol–water partition coefficient (Wildman–Crippen LogP) is -0.300. The Labute approximate surface area is 202 Å². The van der Waals surface area contributed by atoms with Gasteiger partial charge in [-0.05, 0) is 11.6 Å². The summed E-state index contributed by atoms with van der Waals surface area (Å²) >= 11 is 0. The van der Waals surface area contributed by atoms with Crippen LogP contribution in [0.4, 0.5) is 14.6 Å². The Morgan fingerprint density at radius 2 is 2.00 bits per heavy atom. The Kier molecular flexibility index (Phi) is 8.21. The number of nitrogens with zero attached hydrogens (tertiary/aromatic N) is 2. The summed E-state index contributed by atoms with van der Waals surface area (Å²) < 4.78 is 51.8. The van der Waals surface area contributed by atoms with Crippen LogP contribution in [0.5, 0.6) is 0 Å². The highest BCUT2D eigenvalue weighted by atomic mass is 31.2. The molecule has 0 radical (unpaired) electrons. The van der Waals surface area contributed by atoms with Gasteiger partial charge in [-0.1, -0.05) is 30.3 Å². The molecule has 2 heterocycles. The zero-order chi connectivity index (χ0) is 26.7. The molecule has 1 aromatic carbocycles. The summed E-state index contributed by atoms with van der Waals surface area (Å²) in [5.74, 6) is -5.89. The molecule has 0 aliphatic carbocycles. The molecule has 1 saturated heterocycles. The fraction of sp³-hybridized carbons (Fsp3) is 0.400. The van der Waals surface area contributed by atoms with Crippen LogP contribution < -0.4 is 21.8 Å². The number of benzene rings is 1. The van der Waals surface area contributed by atoms with Crippen LogP contribution in [0.1, 0.15) is 18.7 Å². The smallest absolute Gasteiger partial charge is 0.384 e. The van der Waals surface area contributed by atoms with Crippen molar-refractivity contribution >= 4 is 25.4 Å². The van der Waals surface area contributed by atoms with Gasteiger partial charge in [-0.3, -0.25) is 23.8 Å². The highest BCUT2D eigenvalue weighted by molar-refractivity contribution is 7.51. The maximum Gasteiger partial charge on any atom is 0.432 e. The van der Waals surface area contributed by atoms with Gasteiger partial charge in [0.15, 0.2) is 6.10 Å². The van der Waals surface area contributed by atoms with Crippen molar-refractivity contribution in [3.05, 3.63) is 58.6 Å². The van der Waals surface area contributed by atoms with Crippen LogP contribution in [-0.2, 0) is 29.8 Å². The number of amides is 2. The summed E-state index contributed by atoms with van der Waals surface area (Å²) in [5.41, 5.74) is 4.81. The number of nitrogen functional groups attached to an aromatic ring is 1. The Balaban J connectivity index is 1.66. The highest BCUT2D eigenvalue weighted by Gasteiger charge is 2.60. The largest absolute Gasteiger partial charge is 0.432 e. The number of rotatable bonds is 9. The number of anilines is 1. The molecule has 5 atom stereocenters. The van der Waals surface area contributed by atoms with Gasteiger partial charge in [-0.15, -0.1) is 0 Å². The van der Waals surface area contributed by atoms with E-state index in [1.165, 1.54) is 0 Å². The first-order valence-corrected chi connectivity index (χ1v) is 12.0. The summed E-state index contributed by atoms with van der Waals surface area (Å²) in [6, 6.07) is 8.30. The molecule has 1 unspecified atom stereocenters. The summed E-state index contributed by atoms with van der Waals surface area (Å²) in [6.07, 6.45) is -5.82. The van der Waals surface area contributed by atoms with Crippen LogP contribution in [0.2, 0.25) is 0 Å². The van der Waals surface area contributed by atoms with Crippen molar-refractivity contribution in [2.75, 3.05) is 12.3 Å². The first-order valence-electron chi connectivity index (χ1n) is 10.5. The molecule has 2 amide bonds. The van der Waals surface area contributed by atoms with Gasteiger partial charge < -0.3 is 25.8 Å². The van der Waals surface area contributed by atoms with Crippen LogP contribution in [-0.4, -0.2) is 62.1 Å². The number of aliphatic hydroxyl groups excluding tert-OH is 1. The summed E-state index contributed by atoms with van der Waals surface area (Å²) in [7, 11) is -4.96. The van der Waals surface area contributed by atoms with Crippen molar-refractivity contribution in [1.82, 2.24) is 20.0 Å². The molecule has 1 aromatic heterocycles. The standard InChI is InChI=1S/C20H24F2N5O8P/c1-11(28)24-13(9-12-5-3-2-4-6-12)17(30)26-36(32,33)34-10-14-16(29)20(21,22)18(35-14)27-8-7-15(23)25-19(27)31/h2-8,13-14,16,18,29H,9-10H2,1H3,(H,24,28)(H2,23,25,31)(H2,26,30,32,33)/t13-,14+,16+,18+/m0/s1. The average Bonchev–Trinajstić information content (AvgIpc) is 3.01. The van der Waals surface area contributed by atoms with Gasteiger partial charge >= 0.3 is 19.4 Å². The van der Waals surface area contributed by atoms with E-state index >= 15 is 0 Å². The number of nitrogens with two attached hydrogens (primary N) is 1. The predicted molar refractivity (Wildman–Crippen MR) is 119 cm³/mol. The third-order valence-corrected chi connectivity index (χ3v) is 6.13. The molecule has 13 nitrogen and oxygen atoms in total. The molecule has 196 valence electrons. The maximum atomic E-state index is 14.6. The number of carbonyl (C=O) groups excluding carboxylic acids is 2. The van der Waals surface area contributed by atoms with Crippen molar-refractivity contribution in [3.8, 4) is 0 Å². The number of alkyl halides is 2. The van der Waals surface area contributed by atoms with E-state index in [9.17, 15) is 37.7 Å². The lowest BCUT2D eigenvalue weighted by molar-refractivity contribution is -0.140. The number of hydrogen-bond acceptors (Lipinski definition) is 9. The van der Waals surface area contributed by atoms with Gasteiger partial charge in [0.05, 0.1) is 6.61 Å². The zero-order valence-corrected chi connectivity index (χ0v) is 19.7. The minimum atomic E-state index is -4.96. The van der Waals surface area contributed by atoms with Crippen molar-refractivity contribution in [2.24, 2.45) is 0 Å². The lowest BCUT2D eigenvalue weighted by Crippen LogP contribution is -2.46. The fourth-order valence-electron chi connectivity index (χ4n) is 3.44. The van der Waals surface area contributed by atoms with Gasteiger partial charge in [-0.2, -0.15) is 13.8 Å². The minimum absolute atomic E-state index is 0.0189. The molecule has 6 N–H and O–H groups in total. The number of aliphatic hydroxyl groups is 1. The molecule has 36 heavy (non-hydrogen) atoms. The SMILES string of the molecule is CC(=O)N[C@@H](Cc1ccccc1)C(=O)NP(=O)(O)OC[C@H]1O[C@@H](n2ccc(N)nc2=O)C(F)(F)[C@@H]1O. The van der Waals surface area contributed by atoms with E-state index in [0.717, 1.165) is 19.2 Å². The van der Waals surface area contributed by atoms with Crippen molar-refractivity contribution in [1.29, 1.82) is 0 Å². The molecule has 3 rings (SSSR count). The number of aromatic nitrogens is 2. The first-order chi connectivity index (χ1) is 16.8. The molecule has 1 aliphatic rings. The third kappa shape index (κ3) is 6.50. The minimum Gasteiger partial charge on any atom is -0.384 e. The molecule has 1 aliphatic heterocycles. The van der Waals surface area contributed by atoms with Crippen molar-refractivity contribution < 1.29 is 42.2 Å². The Bertz CT molecular complexity index is 1210. The number of carbonyl (C=O) groups is 2. The zero-order valence-electron chi connectivity index (χ0n) is 18.8. The van der Waals surface area contributed by atoms with E-state index in [0.29, 0.717) is 10.1 Å². The Morgan fingerprint density at radius 3 is 2.61 bits per heavy atom. The fourth-order valence-corrected chi connectivity index (χ4v) is 4.29. The van der Waals surface area contributed by atoms with E-state index in [4.69, 9.17) is 15.0 Å². The van der Waals surface area contributed by atoms with Crippen molar-refractivity contribution in [3.63, 3.8) is 0 Å². The second-order valence-electron chi connectivity index (χ2n) is 7.92. The van der Waals surface area contributed by atoms with Crippen LogP contribution in [0.25, 0.3) is 0 Å². The van der Waals surface area contributed by atoms with Crippen molar-refractivity contribution in [2.45, 2.75) is 43.7 Å². The van der Waals surface area contributed by atoms with Crippen LogP contribution >= 0.6 is 7.75 Å². The van der Waals surface area contributed by atoms with E-state index < -0.39 is 62.3 Å². The van der Waals surface area contributed by atoms with Gasteiger partial charge in [0.25, 0.3) is 5.91 Å². The quantitative estimate of drug-likeness (QED) is 0.268. The number of nitrogens with one attached hydrogen (secondary N) is 2. The van der Waals surface area contributed by atoms with Gasteiger partial charge in [0.1, 0.15) is 18.0 Å². The van der Waals surface area contributed by atoms with Crippen LogP contribution in [0.3, 0.4) is 0 Å². The molecule has 16 heteroatoms. The average molecular weight is 531 g/mol. The molecule has 0 spiro atoms. The molecule has 2 aromatic rings. The van der Waals surface area contributed by atoms with E-state index in [2.05, 4.69) is 10.3 Å². The molecule has 0 saturated carbocycles. The van der Waals surface area contributed by atoms with Gasteiger partial charge in [-0.25, -0.2) is 9.36 Å². The number of hydrogen-bond donors (Lipinski definition) is 5. The van der Waals surface area contributed by atoms with Crippen LogP contribution in [0.15, 0.2) is 47.4 Å². The molecule has 0 bridgehead atoms. The topological polar surface area (TPSA) is 195 Å². The van der Waals surface area contributed by atoms with E-state index in [1.54, 1.807) is 35.4 Å². The second-order valence-corrected chi connectivity index (χ2v) is 9.45. The lowest BCUT2D eigenvalue weighted by Gasteiger charge is -2.21. The molecular formula is C20H24F2N5O8P. The van der Waals surface area contributed by atoms with E-state index in [-0.39, 0.29) is 12.2 Å². The summed E-state index contributed by atoms with van der Waals surface area (Å²) in [5, 5.41) is 14.1. The summed E-state index contributed by atoms with van der Waals surface area (Å²) in [4.78, 5) is 49.4. The van der Waals surface area contributed by atoms with Crippen LogP contribution in [0, 0.1) is 0 Å². The normalized spacial score (nSPS) is 23.4. The number of ether oxygens (including phenoxy) is 1. The molecule has 1 fully saturated rings. The Hall–Kier alpha value is -3.23. The first kappa shape index (κ1) is 27.4. The number of halogens is 2. The monoisotopic (exact) mass is 531 g/mol. The maximum absolute atomic E-state index is 14.6. The van der Waals surface area contributed by atoms with Gasteiger partial charge in [0.2, 0.25) is 12.1 Å².